The van der Waals surface area contributed by atoms with Gasteiger partial charge in [0.1, 0.15) is 17.7 Å². The van der Waals surface area contributed by atoms with E-state index in [1.54, 1.807) is 0 Å². The van der Waals surface area contributed by atoms with E-state index in [9.17, 15) is 14.3 Å². The Hall–Kier alpha value is -2.48. The molecule has 0 aromatic carbocycles. The molecule has 122 valence electrons. The van der Waals surface area contributed by atoms with Crippen LogP contribution in [0.25, 0.3) is 11.2 Å². The van der Waals surface area contributed by atoms with Crippen LogP contribution in [0.5, 0.6) is 0 Å². The van der Waals surface area contributed by atoms with Crippen molar-refractivity contribution in [2.75, 3.05) is 12.3 Å². The number of alkyl halides is 1. The lowest BCUT2D eigenvalue weighted by Crippen LogP contribution is -2.34. The van der Waals surface area contributed by atoms with Crippen LogP contribution in [0.1, 0.15) is 6.23 Å². The second-order valence-electron chi connectivity index (χ2n) is 5.06. The molecule has 9 nitrogen and oxygen atoms in total. The minimum Gasteiger partial charge on any atom is -0.394 e. The molecular weight excluding hydrogens is 309 g/mol. The number of ether oxygens (including phenoxy) is 1. The van der Waals surface area contributed by atoms with Gasteiger partial charge in [-0.25, -0.2) is 18.7 Å². The molecule has 0 unspecified atom stereocenters. The number of hydrogen-bond acceptors (Lipinski definition) is 7. The average molecular weight is 323 g/mol. The van der Waals surface area contributed by atoms with E-state index in [1.165, 1.54) is 10.8 Å². The van der Waals surface area contributed by atoms with Gasteiger partial charge in [-0.3, -0.25) is 4.57 Å². The SMILES string of the molecule is C#CCn1c(=O)n([C@@H]2O[C@H](CO)[C@@H](F)[C@H]2O)c2nc(N)ncc21. The Balaban J connectivity index is 2.22. The van der Waals surface area contributed by atoms with Crippen molar-refractivity contribution < 1.29 is 19.3 Å². The van der Waals surface area contributed by atoms with Crippen molar-refractivity contribution in [2.45, 2.75) is 31.2 Å². The van der Waals surface area contributed by atoms with E-state index >= 15 is 0 Å². The standard InChI is InChI=1S/C13H14FN5O4/c1-2-3-18-6-4-16-12(15)17-10(6)19(13(18)22)11-9(21)8(14)7(5-20)23-11/h1,4,7-9,11,20-21H,3,5H2,(H2,15,16,17)/t7-,8-,9-,11-/m1/s1. The molecule has 1 fully saturated rings. The summed E-state index contributed by atoms with van der Waals surface area (Å²) in [7, 11) is 0. The molecule has 0 spiro atoms. The second-order valence-corrected chi connectivity index (χ2v) is 5.06. The number of rotatable bonds is 3. The van der Waals surface area contributed by atoms with Crippen LogP contribution >= 0.6 is 0 Å². The summed E-state index contributed by atoms with van der Waals surface area (Å²) in [6.45, 7) is -0.704. The Morgan fingerprint density at radius 1 is 1.57 bits per heavy atom. The number of nitrogens with two attached hydrogens (primary N) is 1. The molecule has 3 heterocycles. The Morgan fingerprint density at radius 3 is 2.91 bits per heavy atom. The minimum absolute atomic E-state index is 0.0626. The summed E-state index contributed by atoms with van der Waals surface area (Å²) in [5.41, 5.74) is 5.23. The van der Waals surface area contributed by atoms with Gasteiger partial charge in [-0.15, -0.1) is 6.42 Å². The minimum atomic E-state index is -1.85. The highest BCUT2D eigenvalue weighted by Crippen LogP contribution is 2.32. The van der Waals surface area contributed by atoms with E-state index in [-0.39, 0.29) is 23.7 Å². The van der Waals surface area contributed by atoms with Gasteiger partial charge >= 0.3 is 5.69 Å². The van der Waals surface area contributed by atoms with Gasteiger partial charge in [0.2, 0.25) is 5.95 Å². The van der Waals surface area contributed by atoms with Crippen LogP contribution < -0.4 is 11.4 Å². The number of terminal acetylenes is 1. The highest BCUT2D eigenvalue weighted by molar-refractivity contribution is 5.72. The van der Waals surface area contributed by atoms with Gasteiger partial charge in [-0.05, 0) is 0 Å². The predicted molar refractivity (Wildman–Crippen MR) is 76.9 cm³/mol. The summed E-state index contributed by atoms with van der Waals surface area (Å²) in [5.74, 6) is 2.22. The monoisotopic (exact) mass is 323 g/mol. The van der Waals surface area contributed by atoms with Crippen LogP contribution in [0.15, 0.2) is 11.0 Å². The summed E-state index contributed by atoms with van der Waals surface area (Å²) in [6, 6.07) is 0. The molecule has 1 aliphatic rings. The Kier molecular flexibility index (Phi) is 3.77. The van der Waals surface area contributed by atoms with Crippen molar-refractivity contribution in [3.05, 3.63) is 16.7 Å². The highest BCUT2D eigenvalue weighted by atomic mass is 19.1. The summed E-state index contributed by atoms with van der Waals surface area (Å²) in [4.78, 5) is 20.3. The molecule has 0 bridgehead atoms. The van der Waals surface area contributed by atoms with Crippen molar-refractivity contribution in [1.29, 1.82) is 0 Å². The van der Waals surface area contributed by atoms with Gasteiger partial charge in [-0.1, -0.05) is 5.92 Å². The first-order valence-electron chi connectivity index (χ1n) is 6.74. The van der Waals surface area contributed by atoms with Crippen molar-refractivity contribution in [3.8, 4) is 12.3 Å². The molecule has 10 heteroatoms. The molecule has 0 saturated carbocycles. The van der Waals surface area contributed by atoms with E-state index in [1.807, 2.05) is 0 Å². The molecule has 1 saturated heterocycles. The maximum absolute atomic E-state index is 13.9. The fourth-order valence-corrected chi connectivity index (χ4v) is 2.61. The lowest BCUT2D eigenvalue weighted by Gasteiger charge is -2.15. The van der Waals surface area contributed by atoms with E-state index < -0.39 is 36.9 Å². The van der Waals surface area contributed by atoms with Crippen LogP contribution in [-0.2, 0) is 11.3 Å². The third-order valence-electron chi connectivity index (χ3n) is 3.70. The van der Waals surface area contributed by atoms with Crippen LogP contribution in [0, 0.1) is 12.3 Å². The maximum atomic E-state index is 13.9. The summed E-state index contributed by atoms with van der Waals surface area (Å²) in [6.07, 6.45) is 0.466. The zero-order chi connectivity index (χ0) is 16.7. The first kappa shape index (κ1) is 15.4. The summed E-state index contributed by atoms with van der Waals surface area (Å²) < 4.78 is 21.4. The average Bonchev–Trinajstić information content (AvgIpc) is 2.95. The fraction of sp³-hybridized carbons (Fsp3) is 0.462. The van der Waals surface area contributed by atoms with E-state index in [0.717, 1.165) is 4.57 Å². The summed E-state index contributed by atoms with van der Waals surface area (Å²) in [5, 5.41) is 19.1. The number of anilines is 1. The van der Waals surface area contributed by atoms with Gasteiger partial charge in [0.15, 0.2) is 18.0 Å². The smallest absolute Gasteiger partial charge is 0.333 e. The molecule has 2 aromatic heterocycles. The highest BCUT2D eigenvalue weighted by Gasteiger charge is 2.46. The molecular formula is C13H14FN5O4. The van der Waals surface area contributed by atoms with Crippen LogP contribution in [-0.4, -0.2) is 54.3 Å². The molecule has 0 amide bonds. The maximum Gasteiger partial charge on any atom is 0.333 e. The number of imidazole rings is 1. The van der Waals surface area contributed by atoms with Gasteiger partial charge in [0.05, 0.1) is 19.3 Å². The lowest BCUT2D eigenvalue weighted by molar-refractivity contribution is -0.0513. The quantitative estimate of drug-likeness (QED) is 0.580. The number of nitrogen functional groups attached to an aromatic ring is 1. The number of hydrogen-bond donors (Lipinski definition) is 3. The van der Waals surface area contributed by atoms with Crippen molar-refractivity contribution in [2.24, 2.45) is 0 Å². The molecule has 1 aliphatic heterocycles. The van der Waals surface area contributed by atoms with Crippen molar-refractivity contribution in [3.63, 3.8) is 0 Å². The molecule has 0 radical (unpaired) electrons. The first-order chi connectivity index (χ1) is 11.0. The second kappa shape index (κ2) is 5.62. The molecule has 3 rings (SSSR count). The fourth-order valence-electron chi connectivity index (χ4n) is 2.61. The Labute approximate surface area is 129 Å². The van der Waals surface area contributed by atoms with Gasteiger partial charge in [0.25, 0.3) is 0 Å². The molecule has 2 aromatic rings. The van der Waals surface area contributed by atoms with Gasteiger partial charge in [0, 0.05) is 0 Å². The molecule has 0 aliphatic carbocycles. The predicted octanol–water partition coefficient (Wildman–Crippen LogP) is -1.60. The lowest BCUT2D eigenvalue weighted by atomic mass is 10.1. The molecule has 4 N–H and O–H groups in total. The van der Waals surface area contributed by atoms with E-state index in [4.69, 9.17) is 22.0 Å². The zero-order valence-corrected chi connectivity index (χ0v) is 11.8. The Morgan fingerprint density at radius 2 is 2.30 bits per heavy atom. The molecule has 23 heavy (non-hydrogen) atoms. The van der Waals surface area contributed by atoms with E-state index in [2.05, 4.69) is 15.9 Å². The number of aliphatic hydroxyl groups is 2. The summed E-state index contributed by atoms with van der Waals surface area (Å²) >= 11 is 0. The van der Waals surface area contributed by atoms with Crippen LogP contribution in [0.3, 0.4) is 0 Å². The third kappa shape index (κ3) is 2.26. The van der Waals surface area contributed by atoms with Crippen LogP contribution in [0.4, 0.5) is 10.3 Å². The topological polar surface area (TPSA) is 128 Å². The number of aliphatic hydroxyl groups excluding tert-OH is 2. The third-order valence-corrected chi connectivity index (χ3v) is 3.70. The van der Waals surface area contributed by atoms with Crippen molar-refractivity contribution >= 4 is 17.1 Å². The number of aromatic nitrogens is 4. The van der Waals surface area contributed by atoms with Crippen LogP contribution in [0.2, 0.25) is 0 Å². The first-order valence-corrected chi connectivity index (χ1v) is 6.74. The largest absolute Gasteiger partial charge is 0.394 e. The normalized spacial score (nSPS) is 27.4. The zero-order valence-electron chi connectivity index (χ0n) is 11.8. The van der Waals surface area contributed by atoms with Crippen molar-refractivity contribution in [1.82, 2.24) is 19.1 Å². The van der Waals surface area contributed by atoms with Gasteiger partial charge in [-0.2, -0.15) is 4.98 Å². The Bertz CT molecular complexity index is 841. The number of nitrogens with zero attached hydrogens (tertiary/aromatic N) is 4. The number of fused-ring (bicyclic) bond motifs is 1. The van der Waals surface area contributed by atoms with Gasteiger partial charge < -0.3 is 20.7 Å². The molecule has 4 atom stereocenters. The number of halogens is 1. The van der Waals surface area contributed by atoms with E-state index in [0.29, 0.717) is 0 Å².